The van der Waals surface area contributed by atoms with Crippen molar-refractivity contribution in [3.8, 4) is 11.4 Å². The quantitative estimate of drug-likeness (QED) is 0.473. The van der Waals surface area contributed by atoms with Crippen LogP contribution in [-0.4, -0.2) is 48.4 Å². The van der Waals surface area contributed by atoms with Crippen molar-refractivity contribution < 1.29 is 17.7 Å². The number of sulfonamides is 1. The highest BCUT2D eigenvalue weighted by Crippen LogP contribution is 2.37. The van der Waals surface area contributed by atoms with E-state index < -0.39 is 10.0 Å². The van der Waals surface area contributed by atoms with Gasteiger partial charge in [0.25, 0.3) is 10.0 Å². The van der Waals surface area contributed by atoms with Crippen molar-refractivity contribution in [1.29, 1.82) is 0 Å². The number of carbonyl (C=O) groups excluding carboxylic acids is 1. The van der Waals surface area contributed by atoms with E-state index in [9.17, 15) is 13.2 Å². The third-order valence-electron chi connectivity index (χ3n) is 6.78. The second-order valence-electron chi connectivity index (χ2n) is 8.83. The number of thiophene rings is 1. The van der Waals surface area contributed by atoms with E-state index in [-0.39, 0.29) is 16.0 Å². The van der Waals surface area contributed by atoms with Gasteiger partial charge in [-0.25, -0.2) is 8.42 Å². The minimum absolute atomic E-state index is 0.0588. The zero-order chi connectivity index (χ0) is 23.7. The first-order chi connectivity index (χ1) is 16.5. The number of piperidine rings is 1. The van der Waals surface area contributed by atoms with Crippen molar-refractivity contribution in [2.45, 2.75) is 49.2 Å². The average Bonchev–Trinajstić information content (AvgIpc) is 3.50. The number of hydrogen-bond acceptors (Lipinski definition) is 7. The van der Waals surface area contributed by atoms with Crippen LogP contribution in [0.4, 0.5) is 5.69 Å². The van der Waals surface area contributed by atoms with Gasteiger partial charge in [-0.15, -0.1) is 11.3 Å². The lowest BCUT2D eigenvalue weighted by Gasteiger charge is -2.33. The number of para-hydroxylation sites is 1. The van der Waals surface area contributed by atoms with Gasteiger partial charge in [0.15, 0.2) is 0 Å². The Hall–Kier alpha value is -2.56. The molecule has 0 bridgehead atoms. The first kappa shape index (κ1) is 23.2. The highest BCUT2D eigenvalue weighted by molar-refractivity contribution is 7.91. The Bertz CT molecular complexity index is 1240. The summed E-state index contributed by atoms with van der Waals surface area (Å²) in [5.41, 5.74) is 1.53. The van der Waals surface area contributed by atoms with Gasteiger partial charge < -0.3 is 9.42 Å². The molecule has 1 aromatic carbocycles. The van der Waals surface area contributed by atoms with Gasteiger partial charge in [0.05, 0.1) is 0 Å². The fraction of sp³-hybridized carbons (Fsp3) is 0.458. The molecule has 0 N–H and O–H groups in total. The van der Waals surface area contributed by atoms with E-state index in [1.54, 1.807) is 16.3 Å². The molecule has 1 aliphatic carbocycles. The molecule has 2 aromatic heterocycles. The SMILES string of the molecule is CCN(C(=O)C1CCN(S(=O)(=O)c2cc(-c3noc(C4CCC4)n3)cs2)CC1)c1ccccc1. The maximum absolute atomic E-state index is 13.3. The maximum atomic E-state index is 13.3. The molecule has 2 aliphatic rings. The Morgan fingerprint density at radius 2 is 1.91 bits per heavy atom. The van der Waals surface area contributed by atoms with Gasteiger partial charge in [-0.05, 0) is 50.8 Å². The van der Waals surface area contributed by atoms with Gasteiger partial charge in [0.1, 0.15) is 4.21 Å². The van der Waals surface area contributed by atoms with Crippen molar-refractivity contribution in [3.05, 3.63) is 47.7 Å². The summed E-state index contributed by atoms with van der Waals surface area (Å²) in [5.74, 6) is 1.28. The van der Waals surface area contributed by atoms with E-state index in [2.05, 4.69) is 10.1 Å². The Kier molecular flexibility index (Phi) is 6.54. The Morgan fingerprint density at radius 1 is 1.18 bits per heavy atom. The smallest absolute Gasteiger partial charge is 0.252 e. The fourth-order valence-electron chi connectivity index (χ4n) is 4.51. The second-order valence-corrected chi connectivity index (χ2v) is 11.9. The zero-order valence-electron chi connectivity index (χ0n) is 19.1. The monoisotopic (exact) mass is 500 g/mol. The van der Waals surface area contributed by atoms with E-state index in [4.69, 9.17) is 4.52 Å². The standard InChI is InChI=1S/C24H28N4O4S2/c1-2-28(20-9-4-3-5-10-20)24(29)18-11-13-27(14-12-18)34(30,31)21-15-19(16-33-21)22-25-23(32-26-22)17-7-6-8-17/h3-5,9-10,15-18H,2,6-8,11-14H2,1H3. The average molecular weight is 501 g/mol. The molecule has 0 unspecified atom stereocenters. The summed E-state index contributed by atoms with van der Waals surface area (Å²) in [6, 6.07) is 11.2. The number of amides is 1. The van der Waals surface area contributed by atoms with E-state index in [1.807, 2.05) is 37.3 Å². The van der Waals surface area contributed by atoms with E-state index in [1.165, 1.54) is 22.1 Å². The molecule has 8 nitrogen and oxygen atoms in total. The molecule has 5 rings (SSSR count). The Morgan fingerprint density at radius 3 is 2.56 bits per heavy atom. The van der Waals surface area contributed by atoms with Crippen LogP contribution in [-0.2, 0) is 14.8 Å². The van der Waals surface area contributed by atoms with Gasteiger partial charge in [-0.3, -0.25) is 4.79 Å². The number of hydrogen-bond donors (Lipinski definition) is 0. The number of aromatic nitrogens is 2. The first-order valence-electron chi connectivity index (χ1n) is 11.8. The Balaban J connectivity index is 1.24. The van der Waals surface area contributed by atoms with Crippen LogP contribution >= 0.6 is 11.3 Å². The van der Waals surface area contributed by atoms with Crippen molar-refractivity contribution in [2.24, 2.45) is 5.92 Å². The predicted octanol–water partition coefficient (Wildman–Crippen LogP) is 4.52. The molecular formula is C24H28N4O4S2. The third kappa shape index (κ3) is 4.42. The van der Waals surface area contributed by atoms with Gasteiger partial charge >= 0.3 is 0 Å². The fourth-order valence-corrected chi connectivity index (χ4v) is 7.29. The number of carbonyl (C=O) groups is 1. The largest absolute Gasteiger partial charge is 0.339 e. The Labute approximate surface area is 203 Å². The van der Waals surface area contributed by atoms with Crippen LogP contribution in [0.5, 0.6) is 0 Å². The lowest BCUT2D eigenvalue weighted by atomic mass is 9.85. The van der Waals surface area contributed by atoms with Crippen LogP contribution in [0, 0.1) is 5.92 Å². The molecular weight excluding hydrogens is 472 g/mol. The van der Waals surface area contributed by atoms with Crippen LogP contribution in [0.2, 0.25) is 0 Å². The topological polar surface area (TPSA) is 96.6 Å². The molecule has 34 heavy (non-hydrogen) atoms. The molecule has 3 aromatic rings. The maximum Gasteiger partial charge on any atom is 0.252 e. The van der Waals surface area contributed by atoms with Crippen molar-refractivity contribution >= 4 is 33.0 Å². The van der Waals surface area contributed by atoms with Crippen LogP contribution < -0.4 is 4.90 Å². The lowest BCUT2D eigenvalue weighted by Crippen LogP contribution is -2.44. The molecule has 1 amide bonds. The summed E-state index contributed by atoms with van der Waals surface area (Å²) < 4.78 is 33.7. The molecule has 0 atom stereocenters. The highest BCUT2D eigenvalue weighted by atomic mass is 32.2. The minimum Gasteiger partial charge on any atom is -0.339 e. The molecule has 0 radical (unpaired) electrons. The first-order valence-corrected chi connectivity index (χ1v) is 14.1. The summed E-state index contributed by atoms with van der Waals surface area (Å²) in [4.78, 5) is 19.4. The summed E-state index contributed by atoms with van der Waals surface area (Å²) in [5, 5.41) is 5.81. The summed E-state index contributed by atoms with van der Waals surface area (Å²) in [6.45, 7) is 3.19. The summed E-state index contributed by atoms with van der Waals surface area (Å²) in [6.07, 6.45) is 4.31. The van der Waals surface area contributed by atoms with Gasteiger partial charge in [-0.1, -0.05) is 29.8 Å². The van der Waals surface area contributed by atoms with E-state index in [0.29, 0.717) is 55.7 Å². The molecule has 180 valence electrons. The van der Waals surface area contributed by atoms with Crippen LogP contribution in [0.3, 0.4) is 0 Å². The van der Waals surface area contributed by atoms with Gasteiger partial charge in [0, 0.05) is 48.1 Å². The molecule has 3 heterocycles. The van der Waals surface area contributed by atoms with Crippen LogP contribution in [0.25, 0.3) is 11.4 Å². The molecule has 10 heteroatoms. The minimum atomic E-state index is -3.64. The molecule has 1 saturated carbocycles. The number of nitrogens with zero attached hydrogens (tertiary/aromatic N) is 4. The number of anilines is 1. The summed E-state index contributed by atoms with van der Waals surface area (Å²) >= 11 is 1.17. The zero-order valence-corrected chi connectivity index (χ0v) is 20.7. The van der Waals surface area contributed by atoms with Crippen LogP contribution in [0.1, 0.15) is 50.8 Å². The molecule has 1 aliphatic heterocycles. The normalized spacial score (nSPS) is 18.0. The predicted molar refractivity (Wildman–Crippen MR) is 130 cm³/mol. The second kappa shape index (κ2) is 9.59. The molecule has 2 fully saturated rings. The highest BCUT2D eigenvalue weighted by Gasteiger charge is 2.35. The number of benzene rings is 1. The van der Waals surface area contributed by atoms with Crippen molar-refractivity contribution in [2.75, 3.05) is 24.5 Å². The van der Waals surface area contributed by atoms with E-state index >= 15 is 0 Å². The molecule has 1 saturated heterocycles. The van der Waals surface area contributed by atoms with Gasteiger partial charge in [0.2, 0.25) is 17.6 Å². The lowest BCUT2D eigenvalue weighted by molar-refractivity contribution is -0.123. The number of rotatable bonds is 7. The summed E-state index contributed by atoms with van der Waals surface area (Å²) in [7, 11) is -3.64. The van der Waals surface area contributed by atoms with Gasteiger partial charge in [-0.2, -0.15) is 9.29 Å². The van der Waals surface area contributed by atoms with Crippen molar-refractivity contribution in [3.63, 3.8) is 0 Å². The van der Waals surface area contributed by atoms with Crippen molar-refractivity contribution in [1.82, 2.24) is 14.4 Å². The molecule has 0 spiro atoms. The van der Waals surface area contributed by atoms with E-state index in [0.717, 1.165) is 18.5 Å². The third-order valence-corrected chi connectivity index (χ3v) is 10.1. The van der Waals surface area contributed by atoms with Crippen LogP contribution in [0.15, 0.2) is 50.5 Å².